The number of nitrogens with zero attached hydrogens (tertiary/aromatic N) is 2. The molecule has 6 rings (SSSR count). The Hall–Kier alpha value is -4.25. The Balaban J connectivity index is 1.12. The van der Waals surface area contributed by atoms with E-state index in [1.807, 2.05) is 52.0 Å². The third-order valence-electron chi connectivity index (χ3n) is 9.19. The van der Waals surface area contributed by atoms with Crippen LogP contribution in [0.25, 0.3) is 5.57 Å². The molecule has 3 heterocycles. The first kappa shape index (κ1) is 33.6. The van der Waals surface area contributed by atoms with Crippen LogP contribution >= 0.6 is 0 Å². The van der Waals surface area contributed by atoms with E-state index in [0.29, 0.717) is 37.2 Å². The summed E-state index contributed by atoms with van der Waals surface area (Å²) in [6.07, 6.45) is 5.03. The third kappa shape index (κ3) is 7.72. The molecule has 1 spiro atoms. The van der Waals surface area contributed by atoms with Gasteiger partial charge in [-0.1, -0.05) is 42.0 Å². The van der Waals surface area contributed by atoms with Crippen LogP contribution in [0.15, 0.2) is 72.6 Å². The van der Waals surface area contributed by atoms with Crippen molar-refractivity contribution in [2.75, 3.05) is 24.6 Å². The Morgan fingerprint density at radius 1 is 0.958 bits per heavy atom. The van der Waals surface area contributed by atoms with Crippen molar-refractivity contribution in [3.8, 4) is 5.75 Å². The fraction of sp³-hybridized carbons (Fsp3) is 0.432. The lowest BCUT2D eigenvalue weighted by Gasteiger charge is -2.57. The summed E-state index contributed by atoms with van der Waals surface area (Å²) in [5.41, 5.74) is 5.05. The van der Waals surface area contributed by atoms with Crippen molar-refractivity contribution in [1.82, 2.24) is 15.2 Å². The molecule has 3 aromatic rings. The van der Waals surface area contributed by atoms with Crippen molar-refractivity contribution in [2.45, 2.75) is 71.1 Å². The maximum atomic E-state index is 13.9. The first-order chi connectivity index (χ1) is 22.7. The highest BCUT2D eigenvalue weighted by Crippen LogP contribution is 2.55. The monoisotopic (exact) mass is 675 g/mol. The van der Waals surface area contributed by atoms with E-state index in [4.69, 9.17) is 9.47 Å². The number of halogens is 1. The van der Waals surface area contributed by atoms with Gasteiger partial charge in [0, 0.05) is 24.7 Å². The van der Waals surface area contributed by atoms with Gasteiger partial charge in [-0.2, -0.15) is 0 Å². The molecule has 1 aliphatic carbocycles. The summed E-state index contributed by atoms with van der Waals surface area (Å²) in [5, 5.41) is 3.03. The summed E-state index contributed by atoms with van der Waals surface area (Å²) in [6.45, 7) is 8.82. The lowest BCUT2D eigenvalue weighted by atomic mass is 9.59. The lowest BCUT2D eigenvalue weighted by molar-refractivity contribution is -0.0500. The number of benzene rings is 2. The number of allylic oxidation sites excluding steroid dienone is 1. The second-order valence-corrected chi connectivity index (χ2v) is 16.7. The molecule has 254 valence electrons. The van der Waals surface area contributed by atoms with Crippen LogP contribution in [0, 0.1) is 11.2 Å². The number of amides is 2. The lowest BCUT2D eigenvalue weighted by Crippen LogP contribution is -2.62. The van der Waals surface area contributed by atoms with Gasteiger partial charge in [0.15, 0.2) is 9.84 Å². The topological polar surface area (TPSA) is 115 Å². The van der Waals surface area contributed by atoms with Gasteiger partial charge >= 0.3 is 6.09 Å². The molecule has 3 fully saturated rings. The maximum absolute atomic E-state index is 13.9. The molecule has 1 N–H and O–H groups in total. The highest BCUT2D eigenvalue weighted by atomic mass is 32.2. The van der Waals surface area contributed by atoms with Crippen LogP contribution < -0.4 is 10.1 Å². The maximum Gasteiger partial charge on any atom is 0.410 e. The summed E-state index contributed by atoms with van der Waals surface area (Å²) in [7, 11) is -3.00. The zero-order valence-corrected chi connectivity index (χ0v) is 28.6. The highest BCUT2D eigenvalue weighted by Gasteiger charge is 2.53. The van der Waals surface area contributed by atoms with Crippen molar-refractivity contribution in [3.63, 3.8) is 0 Å². The van der Waals surface area contributed by atoms with Gasteiger partial charge in [-0.25, -0.2) is 17.6 Å². The number of pyridine rings is 1. The second kappa shape index (κ2) is 13.0. The molecule has 2 amide bonds. The molecule has 2 aromatic carbocycles. The van der Waals surface area contributed by atoms with Crippen LogP contribution in [-0.4, -0.2) is 66.6 Å². The minimum Gasteiger partial charge on any atom is -0.489 e. The quantitative estimate of drug-likeness (QED) is 0.304. The van der Waals surface area contributed by atoms with Crippen molar-refractivity contribution >= 4 is 27.4 Å². The van der Waals surface area contributed by atoms with E-state index >= 15 is 0 Å². The fourth-order valence-electron chi connectivity index (χ4n) is 6.75. The number of hydrogen-bond acceptors (Lipinski definition) is 7. The van der Waals surface area contributed by atoms with Gasteiger partial charge in [0.2, 0.25) is 0 Å². The number of likely N-dealkylation sites (tertiary alicyclic amines) is 1. The molecule has 0 radical (unpaired) electrons. The summed E-state index contributed by atoms with van der Waals surface area (Å²) < 4.78 is 48.8. The van der Waals surface area contributed by atoms with Gasteiger partial charge in [0.1, 0.15) is 23.3 Å². The number of aromatic nitrogens is 1. The molecule has 0 unspecified atom stereocenters. The Labute approximate surface area is 281 Å². The molecule has 9 nitrogen and oxygen atoms in total. The van der Waals surface area contributed by atoms with Crippen LogP contribution in [0.5, 0.6) is 5.75 Å². The third-order valence-corrected chi connectivity index (χ3v) is 10.9. The average Bonchev–Trinajstić information content (AvgIpc) is 2.99. The number of rotatable bonds is 7. The molecule has 0 bridgehead atoms. The van der Waals surface area contributed by atoms with Crippen LogP contribution in [0.4, 0.5) is 9.18 Å². The molecule has 1 atom stereocenters. The predicted octanol–water partition coefficient (Wildman–Crippen LogP) is 6.50. The smallest absolute Gasteiger partial charge is 0.410 e. The van der Waals surface area contributed by atoms with Crippen LogP contribution in [0.2, 0.25) is 0 Å². The van der Waals surface area contributed by atoms with E-state index in [0.717, 1.165) is 35.1 Å². The number of nitrogens with one attached hydrogen (secondary N) is 1. The largest absolute Gasteiger partial charge is 0.489 e. The number of sulfone groups is 1. The van der Waals surface area contributed by atoms with Crippen molar-refractivity contribution in [3.05, 3.63) is 101 Å². The van der Waals surface area contributed by atoms with Gasteiger partial charge in [-0.05, 0) is 93.8 Å². The number of carbonyl (C=O) groups is 2. The summed E-state index contributed by atoms with van der Waals surface area (Å²) in [5.74, 6) is 0.0312. The normalized spacial score (nSPS) is 19.1. The molecule has 11 heteroatoms. The Morgan fingerprint density at radius 3 is 2.17 bits per heavy atom. The van der Waals surface area contributed by atoms with Crippen molar-refractivity contribution < 1.29 is 31.9 Å². The highest BCUT2D eigenvalue weighted by molar-refractivity contribution is 7.91. The molecule has 2 aliphatic heterocycles. The van der Waals surface area contributed by atoms with Crippen LogP contribution in [0.1, 0.15) is 86.5 Å². The SMILES string of the molecule is C[C@@H](NC(=O)c1cncc(OC2CCS(=O)(=O)CC2)c1)c1ccc(C(=C2CC3(C2)CN(C(=O)OC(C)(C)C)C3)c2ccc(F)cc2)cc1. The minimum atomic E-state index is -3.00. The van der Waals surface area contributed by atoms with E-state index in [9.17, 15) is 22.4 Å². The Kier molecular flexibility index (Phi) is 9.10. The minimum absolute atomic E-state index is 0.0461. The molecule has 1 saturated carbocycles. The number of ether oxygens (including phenoxy) is 2. The molecule has 3 aliphatic rings. The number of carbonyl (C=O) groups excluding carboxylic acids is 2. The molecule has 48 heavy (non-hydrogen) atoms. The Morgan fingerprint density at radius 2 is 1.56 bits per heavy atom. The van der Waals surface area contributed by atoms with Crippen molar-refractivity contribution in [1.29, 1.82) is 0 Å². The molecular weight excluding hydrogens is 633 g/mol. The van der Waals surface area contributed by atoms with E-state index in [1.165, 1.54) is 30.1 Å². The molecule has 1 aromatic heterocycles. The standard InChI is InChI=1S/C37H42FN3O6S/c1-24(40-34(42)28-17-32(21-39-20-28)46-31-13-15-48(44,45)16-14-31)25-5-7-26(8-6-25)33(27-9-11-30(38)12-10-27)29-18-37(19-29)22-41(23-37)35(43)47-36(2,3)4/h5-12,17,20-21,24,31H,13-16,18-19,22-23H2,1-4H3,(H,40,42)/t24-/m1/s1. The van der Waals surface area contributed by atoms with Gasteiger partial charge in [0.25, 0.3) is 5.91 Å². The zero-order chi connectivity index (χ0) is 34.3. The van der Waals surface area contributed by atoms with E-state index in [1.54, 1.807) is 23.1 Å². The van der Waals surface area contributed by atoms with E-state index in [-0.39, 0.29) is 46.9 Å². The van der Waals surface area contributed by atoms with Crippen molar-refractivity contribution in [2.24, 2.45) is 5.41 Å². The number of hydrogen-bond donors (Lipinski definition) is 1. The predicted molar refractivity (Wildman–Crippen MR) is 181 cm³/mol. The van der Waals surface area contributed by atoms with Gasteiger partial charge in [-0.15, -0.1) is 0 Å². The Bertz CT molecular complexity index is 1800. The van der Waals surface area contributed by atoms with E-state index in [2.05, 4.69) is 10.3 Å². The summed E-state index contributed by atoms with van der Waals surface area (Å²) in [6, 6.07) is 15.9. The zero-order valence-electron chi connectivity index (χ0n) is 27.8. The van der Waals surface area contributed by atoms with Gasteiger partial charge < -0.3 is 19.7 Å². The summed E-state index contributed by atoms with van der Waals surface area (Å²) >= 11 is 0. The van der Waals surface area contributed by atoms with Crippen LogP contribution in [-0.2, 0) is 14.6 Å². The first-order valence-corrected chi connectivity index (χ1v) is 18.2. The van der Waals surface area contributed by atoms with Gasteiger partial charge in [-0.3, -0.25) is 9.78 Å². The average molecular weight is 676 g/mol. The first-order valence-electron chi connectivity index (χ1n) is 16.4. The summed E-state index contributed by atoms with van der Waals surface area (Å²) in [4.78, 5) is 31.6. The van der Waals surface area contributed by atoms with E-state index < -0.39 is 15.4 Å². The molecular formula is C37H42FN3O6S. The second-order valence-electron chi connectivity index (χ2n) is 14.4. The fourth-order valence-corrected chi connectivity index (χ4v) is 8.20. The van der Waals surface area contributed by atoms with Gasteiger partial charge in [0.05, 0.1) is 29.3 Å². The van der Waals surface area contributed by atoms with Crippen LogP contribution in [0.3, 0.4) is 0 Å². The molecule has 2 saturated heterocycles.